The Kier molecular flexibility index (Phi) is 5.58. The van der Waals surface area contributed by atoms with Crippen LogP contribution in [0.5, 0.6) is 0 Å². The first-order valence-electron chi connectivity index (χ1n) is 12.0. The van der Waals surface area contributed by atoms with Gasteiger partial charge in [-0.1, -0.05) is 36.7 Å². The average molecular weight is 443 g/mol. The number of rotatable bonds is 3. The number of aryl methyl sites for hydroxylation is 1. The molecule has 2 aliphatic carbocycles. The van der Waals surface area contributed by atoms with Gasteiger partial charge in [-0.2, -0.15) is 0 Å². The third-order valence-corrected chi connectivity index (χ3v) is 8.89. The van der Waals surface area contributed by atoms with E-state index in [1.165, 1.54) is 29.7 Å². The molecule has 0 bridgehead atoms. The molecule has 5 atom stereocenters. The van der Waals surface area contributed by atoms with E-state index in [1.807, 2.05) is 6.07 Å². The molecule has 4 aliphatic rings. The second-order valence-electron chi connectivity index (χ2n) is 10.6. The fourth-order valence-corrected chi connectivity index (χ4v) is 7.00. The molecular formula is C26H35ClN2O2. The number of carbonyl (C=O) groups excluding carboxylic acids is 1. The van der Waals surface area contributed by atoms with Gasteiger partial charge in [-0.3, -0.25) is 9.69 Å². The van der Waals surface area contributed by atoms with Crippen molar-refractivity contribution in [3.63, 3.8) is 0 Å². The summed E-state index contributed by atoms with van der Waals surface area (Å²) in [7, 11) is 0. The highest BCUT2D eigenvalue weighted by atomic mass is 35.5. The molecule has 1 aromatic carbocycles. The molecule has 168 valence electrons. The Morgan fingerprint density at radius 3 is 2.81 bits per heavy atom. The molecule has 2 aliphatic heterocycles. The monoisotopic (exact) mass is 442 g/mol. The number of nitrogens with zero attached hydrogens (tertiary/aromatic N) is 2. The van der Waals surface area contributed by atoms with Gasteiger partial charge in [0.25, 0.3) is 0 Å². The summed E-state index contributed by atoms with van der Waals surface area (Å²) >= 11 is 6.23. The Morgan fingerprint density at radius 1 is 1.26 bits per heavy atom. The van der Waals surface area contributed by atoms with E-state index in [2.05, 4.69) is 42.4 Å². The van der Waals surface area contributed by atoms with E-state index < -0.39 is 0 Å². The van der Waals surface area contributed by atoms with Crippen LogP contribution in [0.3, 0.4) is 0 Å². The number of esters is 1. The summed E-state index contributed by atoms with van der Waals surface area (Å²) in [4.78, 5) is 17.8. The summed E-state index contributed by atoms with van der Waals surface area (Å²) in [5.74, 6) is 0.968. The molecule has 4 nitrogen and oxygen atoms in total. The summed E-state index contributed by atoms with van der Waals surface area (Å²) in [6.45, 7) is 13.7. The van der Waals surface area contributed by atoms with Crippen LogP contribution in [0.15, 0.2) is 30.4 Å². The first-order chi connectivity index (χ1) is 14.8. The van der Waals surface area contributed by atoms with E-state index in [0.717, 1.165) is 57.0 Å². The SMILES string of the molecule is C=C1CCC[C@]2(C)C[C@H]3OC(=O)C(CN4CCN(c5cc(Cl)ccc5C)CC4)[C@H]3CC12. The first-order valence-corrected chi connectivity index (χ1v) is 12.3. The molecule has 0 spiro atoms. The number of allylic oxidation sites excluding steroid dienone is 1. The van der Waals surface area contributed by atoms with E-state index in [9.17, 15) is 4.79 Å². The molecule has 2 saturated carbocycles. The van der Waals surface area contributed by atoms with Crippen LogP contribution in [0.1, 0.15) is 44.6 Å². The molecule has 31 heavy (non-hydrogen) atoms. The normalized spacial score (nSPS) is 36.2. The smallest absolute Gasteiger partial charge is 0.310 e. The van der Waals surface area contributed by atoms with Crippen molar-refractivity contribution < 1.29 is 9.53 Å². The molecule has 2 heterocycles. The lowest BCUT2D eigenvalue weighted by atomic mass is 9.55. The molecule has 5 heteroatoms. The van der Waals surface area contributed by atoms with Gasteiger partial charge in [-0.15, -0.1) is 0 Å². The lowest BCUT2D eigenvalue weighted by molar-refractivity contribution is -0.146. The molecule has 4 fully saturated rings. The van der Waals surface area contributed by atoms with Crippen molar-refractivity contribution in [2.24, 2.45) is 23.2 Å². The molecule has 0 radical (unpaired) electrons. The number of hydrogen-bond donors (Lipinski definition) is 0. The number of carbonyl (C=O) groups is 1. The zero-order valence-electron chi connectivity index (χ0n) is 18.9. The van der Waals surface area contributed by atoms with Gasteiger partial charge in [0.15, 0.2) is 0 Å². The minimum Gasteiger partial charge on any atom is -0.462 e. The van der Waals surface area contributed by atoms with Crippen LogP contribution in [-0.2, 0) is 9.53 Å². The van der Waals surface area contributed by atoms with Crippen LogP contribution in [0.2, 0.25) is 5.02 Å². The number of halogens is 1. The minimum absolute atomic E-state index is 0.0173. The Bertz CT molecular complexity index is 878. The van der Waals surface area contributed by atoms with Crippen LogP contribution in [0, 0.1) is 30.1 Å². The van der Waals surface area contributed by atoms with Crippen molar-refractivity contribution in [2.45, 2.75) is 52.1 Å². The van der Waals surface area contributed by atoms with Crippen LogP contribution in [0.25, 0.3) is 0 Å². The highest BCUT2D eigenvalue weighted by Gasteiger charge is 2.55. The third kappa shape index (κ3) is 3.91. The Morgan fingerprint density at radius 2 is 2.03 bits per heavy atom. The predicted molar refractivity (Wildman–Crippen MR) is 126 cm³/mol. The standard InChI is InChI=1S/C26H35ClN2O2/c1-17-5-4-8-26(3)15-24-20(14-22(17)26)21(25(30)31-24)16-28-9-11-29(12-10-28)23-13-19(27)7-6-18(23)2/h6-7,13,20-22,24H,1,4-5,8-12,14-16H2,2-3H3/t20-,21?,22?,24-,26-/m1/s1. The van der Waals surface area contributed by atoms with Gasteiger partial charge in [-0.25, -0.2) is 0 Å². The molecule has 1 aromatic rings. The fraction of sp³-hybridized carbons (Fsp3) is 0.654. The van der Waals surface area contributed by atoms with E-state index in [-0.39, 0.29) is 23.4 Å². The van der Waals surface area contributed by atoms with Gasteiger partial charge in [0.2, 0.25) is 0 Å². The second-order valence-corrected chi connectivity index (χ2v) is 11.1. The van der Waals surface area contributed by atoms with E-state index in [0.29, 0.717) is 11.8 Å². The molecule has 0 amide bonds. The predicted octanol–water partition coefficient (Wildman–Crippen LogP) is 5.08. The van der Waals surface area contributed by atoms with Crippen molar-refractivity contribution in [1.29, 1.82) is 0 Å². The summed E-state index contributed by atoms with van der Waals surface area (Å²) in [5.41, 5.74) is 4.18. The Hall–Kier alpha value is -1.52. The van der Waals surface area contributed by atoms with Gasteiger partial charge in [0, 0.05) is 49.4 Å². The topological polar surface area (TPSA) is 32.8 Å². The maximum atomic E-state index is 12.9. The highest BCUT2D eigenvalue weighted by Crippen LogP contribution is 2.56. The molecule has 0 N–H and O–H groups in total. The van der Waals surface area contributed by atoms with Crippen molar-refractivity contribution in [3.05, 3.63) is 40.9 Å². The largest absolute Gasteiger partial charge is 0.462 e. The summed E-state index contributed by atoms with van der Waals surface area (Å²) in [6.07, 6.45) is 5.84. The van der Waals surface area contributed by atoms with Crippen LogP contribution >= 0.6 is 11.6 Å². The quantitative estimate of drug-likeness (QED) is 0.482. The third-order valence-electron chi connectivity index (χ3n) is 8.66. The molecular weight excluding hydrogens is 408 g/mol. The summed E-state index contributed by atoms with van der Waals surface area (Å²) in [6, 6.07) is 6.12. The van der Waals surface area contributed by atoms with Crippen LogP contribution in [-0.4, -0.2) is 49.7 Å². The minimum atomic E-state index is 0.0173. The van der Waals surface area contributed by atoms with Gasteiger partial charge in [0.1, 0.15) is 6.10 Å². The molecule has 2 unspecified atom stereocenters. The van der Waals surface area contributed by atoms with Crippen LogP contribution < -0.4 is 4.90 Å². The van der Waals surface area contributed by atoms with E-state index >= 15 is 0 Å². The number of ether oxygens (including phenoxy) is 1. The van der Waals surface area contributed by atoms with Gasteiger partial charge >= 0.3 is 5.97 Å². The zero-order chi connectivity index (χ0) is 21.8. The number of hydrogen-bond acceptors (Lipinski definition) is 4. The lowest BCUT2D eigenvalue weighted by Crippen LogP contribution is -2.50. The maximum Gasteiger partial charge on any atom is 0.310 e. The average Bonchev–Trinajstić information content (AvgIpc) is 3.02. The van der Waals surface area contributed by atoms with Gasteiger partial charge < -0.3 is 9.64 Å². The molecule has 0 aromatic heterocycles. The first kappa shape index (κ1) is 21.3. The Labute approximate surface area is 191 Å². The number of fused-ring (bicyclic) bond motifs is 2. The fourth-order valence-electron chi connectivity index (χ4n) is 6.84. The van der Waals surface area contributed by atoms with Gasteiger partial charge in [-0.05, 0) is 68.1 Å². The number of benzene rings is 1. The van der Waals surface area contributed by atoms with Crippen molar-refractivity contribution in [3.8, 4) is 0 Å². The molecule has 5 rings (SSSR count). The van der Waals surface area contributed by atoms with Crippen molar-refractivity contribution in [2.75, 3.05) is 37.6 Å². The van der Waals surface area contributed by atoms with Gasteiger partial charge in [0.05, 0.1) is 5.92 Å². The molecule has 2 saturated heterocycles. The highest BCUT2D eigenvalue weighted by molar-refractivity contribution is 6.30. The van der Waals surface area contributed by atoms with Crippen LogP contribution in [0.4, 0.5) is 5.69 Å². The number of piperazine rings is 1. The lowest BCUT2D eigenvalue weighted by Gasteiger charge is -2.50. The second kappa shape index (κ2) is 8.12. The zero-order valence-corrected chi connectivity index (χ0v) is 19.7. The number of anilines is 1. The Balaban J connectivity index is 1.23. The van der Waals surface area contributed by atoms with Crippen molar-refractivity contribution in [1.82, 2.24) is 4.90 Å². The maximum absolute atomic E-state index is 12.9. The summed E-state index contributed by atoms with van der Waals surface area (Å²) < 4.78 is 5.97. The summed E-state index contributed by atoms with van der Waals surface area (Å²) in [5, 5.41) is 0.788. The van der Waals surface area contributed by atoms with E-state index in [1.54, 1.807) is 0 Å². The van der Waals surface area contributed by atoms with E-state index in [4.69, 9.17) is 16.3 Å². The van der Waals surface area contributed by atoms with Crippen molar-refractivity contribution >= 4 is 23.3 Å².